The van der Waals surface area contributed by atoms with Crippen LogP contribution in [0.3, 0.4) is 0 Å². The van der Waals surface area contributed by atoms with Gasteiger partial charge in [0.2, 0.25) is 0 Å². The summed E-state index contributed by atoms with van der Waals surface area (Å²) in [7, 11) is 0. The van der Waals surface area contributed by atoms with E-state index in [0.717, 1.165) is 47.8 Å². The third kappa shape index (κ3) is 3.02. The van der Waals surface area contributed by atoms with E-state index in [1.807, 2.05) is 12.3 Å². The number of nitrogens with one attached hydrogen (secondary N) is 3. The van der Waals surface area contributed by atoms with Crippen LogP contribution in [0, 0.1) is 6.92 Å². The van der Waals surface area contributed by atoms with Gasteiger partial charge < -0.3 is 20.2 Å². The molecule has 2 aromatic rings. The molecule has 4 rings (SSSR count). The van der Waals surface area contributed by atoms with E-state index in [1.165, 1.54) is 5.56 Å². The molecule has 3 N–H and O–H groups in total. The highest BCUT2D eigenvalue weighted by molar-refractivity contribution is 5.63. The van der Waals surface area contributed by atoms with Crippen LogP contribution in [0.2, 0.25) is 0 Å². The second-order valence-electron chi connectivity index (χ2n) is 6.16. The molecule has 2 aliphatic heterocycles. The molecule has 0 saturated heterocycles. The molecule has 126 valence electrons. The molecule has 0 aliphatic carbocycles. The number of fused-ring (bicyclic) bond motifs is 4. The molecule has 2 aliphatic rings. The van der Waals surface area contributed by atoms with E-state index in [2.05, 4.69) is 40.2 Å². The van der Waals surface area contributed by atoms with Gasteiger partial charge in [0.05, 0.1) is 24.5 Å². The van der Waals surface area contributed by atoms with Crippen molar-refractivity contribution in [1.29, 1.82) is 0 Å². The van der Waals surface area contributed by atoms with Crippen molar-refractivity contribution in [3.63, 3.8) is 0 Å². The van der Waals surface area contributed by atoms with Crippen LogP contribution in [-0.4, -0.2) is 31.3 Å². The van der Waals surface area contributed by atoms with Gasteiger partial charge in [0.1, 0.15) is 18.1 Å². The normalized spacial score (nSPS) is 20.1. The predicted octanol–water partition coefficient (Wildman–Crippen LogP) is 2.16. The lowest BCUT2D eigenvalue weighted by Gasteiger charge is -2.14. The summed E-state index contributed by atoms with van der Waals surface area (Å²) in [5.74, 6) is 1.74. The third-order valence-electron chi connectivity index (χ3n) is 4.38. The van der Waals surface area contributed by atoms with Crippen molar-refractivity contribution in [3.8, 4) is 11.5 Å². The Balaban J connectivity index is 1.72. The predicted molar refractivity (Wildman–Crippen MR) is 92.5 cm³/mol. The molecular weight excluding hydrogens is 304 g/mol. The Hall–Kier alpha value is -2.31. The summed E-state index contributed by atoms with van der Waals surface area (Å²) in [5, 5.41) is 3.37. The van der Waals surface area contributed by atoms with E-state index in [9.17, 15) is 0 Å². The summed E-state index contributed by atoms with van der Waals surface area (Å²) in [5.41, 5.74) is 11.0. The van der Waals surface area contributed by atoms with Crippen LogP contribution in [0.15, 0.2) is 30.6 Å². The SMILES string of the molecule is Cc1cc2c3cc1OCCCNCCOc1cncc(c1)C3NN2. The van der Waals surface area contributed by atoms with Crippen LogP contribution in [0.1, 0.15) is 29.2 Å². The molecular formula is C18H22N4O2. The van der Waals surface area contributed by atoms with Gasteiger partial charge in [-0.2, -0.15) is 0 Å². The smallest absolute Gasteiger partial charge is 0.137 e. The minimum Gasteiger partial charge on any atom is -0.493 e. The first-order valence-corrected chi connectivity index (χ1v) is 8.38. The fourth-order valence-electron chi connectivity index (χ4n) is 3.11. The molecule has 1 unspecified atom stereocenters. The third-order valence-corrected chi connectivity index (χ3v) is 4.38. The zero-order chi connectivity index (χ0) is 16.4. The minimum atomic E-state index is 0.0299. The van der Waals surface area contributed by atoms with E-state index >= 15 is 0 Å². The Morgan fingerprint density at radius 3 is 3.00 bits per heavy atom. The fourth-order valence-corrected chi connectivity index (χ4v) is 3.11. The average Bonchev–Trinajstić information content (AvgIpc) is 2.99. The van der Waals surface area contributed by atoms with Gasteiger partial charge in [-0.3, -0.25) is 4.98 Å². The molecule has 24 heavy (non-hydrogen) atoms. The van der Waals surface area contributed by atoms with Crippen molar-refractivity contribution in [2.24, 2.45) is 0 Å². The molecule has 3 heterocycles. The van der Waals surface area contributed by atoms with Gasteiger partial charge in [0.25, 0.3) is 0 Å². The second kappa shape index (κ2) is 6.67. The Morgan fingerprint density at radius 2 is 2.04 bits per heavy atom. The molecule has 1 aromatic carbocycles. The van der Waals surface area contributed by atoms with Crippen LogP contribution in [0.25, 0.3) is 0 Å². The molecule has 0 amide bonds. The number of nitrogens with zero attached hydrogens (tertiary/aromatic N) is 1. The summed E-state index contributed by atoms with van der Waals surface area (Å²) in [6.07, 6.45) is 4.60. The molecule has 6 heteroatoms. The van der Waals surface area contributed by atoms with E-state index in [1.54, 1.807) is 6.20 Å². The number of hydrazine groups is 1. The van der Waals surface area contributed by atoms with Gasteiger partial charge >= 0.3 is 0 Å². The maximum absolute atomic E-state index is 6.00. The molecule has 0 radical (unpaired) electrons. The first-order chi connectivity index (χ1) is 11.8. The van der Waals surface area contributed by atoms with Crippen LogP contribution >= 0.6 is 0 Å². The van der Waals surface area contributed by atoms with Crippen molar-refractivity contribution < 1.29 is 9.47 Å². The summed E-state index contributed by atoms with van der Waals surface area (Å²) >= 11 is 0. The molecule has 1 atom stereocenters. The number of benzene rings is 1. The summed E-state index contributed by atoms with van der Waals surface area (Å²) < 4.78 is 11.8. The van der Waals surface area contributed by atoms with Crippen molar-refractivity contribution in [1.82, 2.24) is 15.7 Å². The number of pyridine rings is 1. The zero-order valence-corrected chi connectivity index (χ0v) is 13.8. The first-order valence-electron chi connectivity index (χ1n) is 8.38. The van der Waals surface area contributed by atoms with Gasteiger partial charge in [0, 0.05) is 18.3 Å². The van der Waals surface area contributed by atoms with E-state index in [4.69, 9.17) is 9.47 Å². The highest BCUT2D eigenvalue weighted by Crippen LogP contribution is 2.38. The molecule has 6 nitrogen and oxygen atoms in total. The van der Waals surface area contributed by atoms with Gasteiger partial charge in [-0.25, -0.2) is 5.43 Å². The number of aromatic nitrogens is 1. The molecule has 1 aromatic heterocycles. The number of anilines is 1. The Bertz CT molecular complexity index is 735. The average molecular weight is 326 g/mol. The van der Waals surface area contributed by atoms with Crippen molar-refractivity contribution in [3.05, 3.63) is 47.3 Å². The number of aryl methyl sites for hydroxylation is 1. The van der Waals surface area contributed by atoms with Crippen LogP contribution in [-0.2, 0) is 0 Å². The highest BCUT2D eigenvalue weighted by atomic mass is 16.5. The molecule has 0 spiro atoms. The lowest BCUT2D eigenvalue weighted by Crippen LogP contribution is -2.23. The van der Waals surface area contributed by atoms with Crippen LogP contribution < -0.4 is 25.6 Å². The summed E-state index contributed by atoms with van der Waals surface area (Å²) in [6.45, 7) is 5.13. The van der Waals surface area contributed by atoms with E-state index < -0.39 is 0 Å². The van der Waals surface area contributed by atoms with Gasteiger partial charge in [-0.15, -0.1) is 0 Å². The number of rotatable bonds is 0. The number of hydrogen-bond acceptors (Lipinski definition) is 6. The highest BCUT2D eigenvalue weighted by Gasteiger charge is 2.25. The van der Waals surface area contributed by atoms with Crippen molar-refractivity contribution in [2.45, 2.75) is 19.4 Å². The molecule has 0 saturated carbocycles. The lowest BCUT2D eigenvalue weighted by molar-refractivity contribution is 0.293. The standard InChI is InChI=1S/C18H22N4O2/c1-12-7-16-15-9-17(12)24-5-2-3-19-4-6-23-14-8-13(10-20-11-14)18(15)22-21-16/h7-11,18-19,21-22H,2-6H2,1H3. The van der Waals surface area contributed by atoms with E-state index in [0.29, 0.717) is 13.2 Å². The van der Waals surface area contributed by atoms with Gasteiger partial charge in [-0.1, -0.05) is 0 Å². The van der Waals surface area contributed by atoms with Gasteiger partial charge in [-0.05, 0) is 49.2 Å². The minimum absolute atomic E-state index is 0.0299. The Labute approximate surface area is 141 Å². The second-order valence-corrected chi connectivity index (χ2v) is 6.16. The van der Waals surface area contributed by atoms with Crippen LogP contribution in [0.4, 0.5) is 5.69 Å². The number of ether oxygens (including phenoxy) is 2. The fraction of sp³-hybridized carbons (Fsp3) is 0.389. The van der Waals surface area contributed by atoms with Crippen molar-refractivity contribution in [2.75, 3.05) is 31.7 Å². The Kier molecular flexibility index (Phi) is 4.23. The molecule has 0 fully saturated rings. The van der Waals surface area contributed by atoms with Crippen LogP contribution in [0.5, 0.6) is 11.5 Å². The first kappa shape index (κ1) is 15.2. The zero-order valence-electron chi connectivity index (χ0n) is 13.8. The quantitative estimate of drug-likeness (QED) is 0.689. The summed E-state index contributed by atoms with van der Waals surface area (Å²) in [4.78, 5) is 4.33. The Morgan fingerprint density at radius 1 is 1.08 bits per heavy atom. The topological polar surface area (TPSA) is 67.4 Å². The largest absolute Gasteiger partial charge is 0.493 e. The lowest BCUT2D eigenvalue weighted by atomic mass is 9.99. The monoisotopic (exact) mass is 326 g/mol. The maximum Gasteiger partial charge on any atom is 0.137 e. The van der Waals surface area contributed by atoms with Gasteiger partial charge in [0.15, 0.2) is 0 Å². The molecule has 4 bridgehead atoms. The van der Waals surface area contributed by atoms with Crippen molar-refractivity contribution >= 4 is 5.69 Å². The van der Waals surface area contributed by atoms with E-state index in [-0.39, 0.29) is 6.04 Å². The summed E-state index contributed by atoms with van der Waals surface area (Å²) in [6, 6.07) is 6.33. The maximum atomic E-state index is 6.00. The number of hydrogen-bond donors (Lipinski definition) is 3.